The maximum absolute atomic E-state index is 11.4. The van der Waals surface area contributed by atoms with E-state index in [1.165, 1.54) is 0 Å². The van der Waals surface area contributed by atoms with Crippen LogP contribution in [-0.4, -0.2) is 17.6 Å². The lowest BCUT2D eigenvalue weighted by Crippen LogP contribution is -2.13. The predicted octanol–water partition coefficient (Wildman–Crippen LogP) is 1.71. The average molecular weight is 178 g/mol. The van der Waals surface area contributed by atoms with Crippen molar-refractivity contribution in [2.75, 3.05) is 6.54 Å². The van der Waals surface area contributed by atoms with Crippen LogP contribution >= 0.6 is 24.2 Å². The van der Waals surface area contributed by atoms with Crippen LogP contribution in [0.5, 0.6) is 0 Å². The highest BCUT2D eigenvalue weighted by atomic mass is 35.5. The summed E-state index contributed by atoms with van der Waals surface area (Å²) in [7, 11) is 0. The fourth-order valence-corrected chi connectivity index (χ4v) is 0.693. The van der Waals surface area contributed by atoms with Gasteiger partial charge in [-0.25, -0.2) is 0 Å². The minimum Gasteiger partial charge on any atom is -0.329 e. The highest BCUT2D eigenvalue weighted by Crippen LogP contribution is 2.18. The van der Waals surface area contributed by atoms with Gasteiger partial charge >= 0.3 is 0 Å². The number of alkyl halides is 2. The Balaban J connectivity index is 0. The van der Waals surface area contributed by atoms with Crippen molar-refractivity contribution in [1.29, 1.82) is 0 Å². The Kier molecular flexibility index (Phi) is 8.89. The first-order chi connectivity index (χ1) is 3.66. The first-order valence-corrected chi connectivity index (χ1v) is 3.24. The molecular weight excluding hydrogens is 168 g/mol. The van der Waals surface area contributed by atoms with Gasteiger partial charge in [-0.1, -0.05) is 18.7 Å². The van der Waals surface area contributed by atoms with Crippen LogP contribution in [-0.2, 0) is 0 Å². The van der Waals surface area contributed by atoms with Crippen LogP contribution in [0.4, 0.5) is 8.78 Å². The maximum atomic E-state index is 11.4. The van der Waals surface area contributed by atoms with Crippen LogP contribution in [0.2, 0.25) is 0 Å². The molecule has 0 bridgehead atoms. The number of nitrogens with two attached hydrogens (primary N) is 1. The van der Waals surface area contributed by atoms with Gasteiger partial charge in [-0.2, -0.15) is 8.78 Å². The Labute approximate surface area is 63.8 Å². The summed E-state index contributed by atoms with van der Waals surface area (Å²) in [4.78, 5) is 0. The molecule has 9 heavy (non-hydrogen) atoms. The zero-order valence-electron chi connectivity index (χ0n) is 5.01. The second-order valence-corrected chi connectivity index (χ2v) is 2.88. The second kappa shape index (κ2) is 6.58. The molecule has 0 unspecified atom stereocenters. The summed E-state index contributed by atoms with van der Waals surface area (Å²) < 4.78 is 22.8. The van der Waals surface area contributed by atoms with E-state index in [-0.39, 0.29) is 17.7 Å². The van der Waals surface area contributed by atoms with Crippen molar-refractivity contribution in [1.82, 2.24) is 0 Å². The number of hydrogen-bond acceptors (Lipinski definition) is 2. The zero-order valence-corrected chi connectivity index (χ0v) is 6.64. The van der Waals surface area contributed by atoms with Gasteiger partial charge in [-0.3, -0.25) is 0 Å². The van der Waals surface area contributed by atoms with Gasteiger partial charge in [0.15, 0.2) is 0 Å². The second-order valence-electron chi connectivity index (χ2n) is 1.44. The van der Waals surface area contributed by atoms with E-state index in [0.29, 0.717) is 18.3 Å². The molecule has 0 amide bonds. The number of thioether (sulfide) groups is 1. The maximum Gasteiger partial charge on any atom is 0.284 e. The molecule has 0 aromatic heterocycles. The highest BCUT2D eigenvalue weighted by Gasteiger charge is 2.07. The normalized spacial score (nSPS) is 13.0. The van der Waals surface area contributed by atoms with Crippen LogP contribution in [0.1, 0.15) is 6.92 Å². The summed E-state index contributed by atoms with van der Waals surface area (Å²) in [6.07, 6.45) is 0. The molecule has 1 nitrogen and oxygen atoms in total. The Morgan fingerprint density at radius 2 is 2.00 bits per heavy atom. The van der Waals surface area contributed by atoms with E-state index in [1.54, 1.807) is 6.92 Å². The van der Waals surface area contributed by atoms with Crippen molar-refractivity contribution < 1.29 is 8.78 Å². The van der Waals surface area contributed by atoms with Gasteiger partial charge in [0.2, 0.25) is 0 Å². The Morgan fingerprint density at radius 3 is 2.11 bits per heavy atom. The molecule has 58 valence electrons. The molecule has 0 aromatic rings. The molecule has 1 atom stereocenters. The average Bonchev–Trinajstić information content (AvgIpc) is 1.65. The molecule has 0 aromatic carbocycles. The number of rotatable bonds is 3. The Hall–Kier alpha value is 0.460. The summed E-state index contributed by atoms with van der Waals surface area (Å²) >= 11 is 0.596. The van der Waals surface area contributed by atoms with Crippen molar-refractivity contribution in [3.8, 4) is 0 Å². The van der Waals surface area contributed by atoms with Crippen LogP contribution in [0.15, 0.2) is 0 Å². The Bertz CT molecular complexity index is 64.5. The first kappa shape index (κ1) is 12.2. The Morgan fingerprint density at radius 1 is 1.56 bits per heavy atom. The molecule has 0 rings (SSSR count). The van der Waals surface area contributed by atoms with E-state index in [1.807, 2.05) is 0 Å². The summed E-state index contributed by atoms with van der Waals surface area (Å²) in [5.74, 6) is -2.28. The summed E-state index contributed by atoms with van der Waals surface area (Å²) in [5.41, 5.74) is 5.07. The van der Waals surface area contributed by atoms with Gasteiger partial charge in [0.05, 0.1) is 0 Å². The molecule has 0 radical (unpaired) electrons. The van der Waals surface area contributed by atoms with Gasteiger partial charge in [0.25, 0.3) is 5.76 Å². The summed E-state index contributed by atoms with van der Waals surface area (Å²) in [5, 5.41) is -0.130. The van der Waals surface area contributed by atoms with E-state index in [4.69, 9.17) is 5.73 Å². The molecular formula is C4H10ClF2NS. The van der Waals surface area contributed by atoms with Gasteiger partial charge in [-0.15, -0.1) is 12.4 Å². The summed E-state index contributed by atoms with van der Waals surface area (Å²) in [6, 6.07) is 0. The van der Waals surface area contributed by atoms with E-state index < -0.39 is 5.76 Å². The first-order valence-electron chi connectivity index (χ1n) is 2.30. The SMILES string of the molecule is C[C@H](CN)SC(F)F.Cl. The van der Waals surface area contributed by atoms with Gasteiger partial charge in [-0.05, 0) is 0 Å². The fourth-order valence-electron chi connectivity index (χ4n) is 0.231. The minimum absolute atomic E-state index is 0. The van der Waals surface area contributed by atoms with Crippen molar-refractivity contribution >= 4 is 24.2 Å². The minimum atomic E-state index is -2.28. The number of hydrogen-bond donors (Lipinski definition) is 1. The standard InChI is InChI=1S/C4H9F2NS.ClH/c1-3(2-7)8-4(5)6;/h3-4H,2,7H2,1H3;1H/t3-;/m1./s1. The third-order valence-corrected chi connectivity index (χ3v) is 1.53. The third-order valence-electron chi connectivity index (χ3n) is 0.667. The van der Waals surface area contributed by atoms with E-state index >= 15 is 0 Å². The molecule has 0 spiro atoms. The molecule has 0 saturated heterocycles. The van der Waals surface area contributed by atoms with Crippen LogP contribution < -0.4 is 5.73 Å². The predicted molar refractivity (Wildman–Crippen MR) is 39.4 cm³/mol. The summed E-state index contributed by atoms with van der Waals surface area (Å²) in [6.45, 7) is 1.99. The van der Waals surface area contributed by atoms with Gasteiger partial charge in [0, 0.05) is 11.8 Å². The lowest BCUT2D eigenvalue weighted by molar-refractivity contribution is 0.251. The molecule has 2 N–H and O–H groups in total. The molecule has 0 fully saturated rings. The molecule has 0 saturated carbocycles. The van der Waals surface area contributed by atoms with Crippen molar-refractivity contribution in [2.24, 2.45) is 5.73 Å². The third kappa shape index (κ3) is 8.46. The van der Waals surface area contributed by atoms with Gasteiger partial charge in [0.1, 0.15) is 0 Å². The molecule has 0 aliphatic heterocycles. The van der Waals surface area contributed by atoms with Crippen LogP contribution in [0.3, 0.4) is 0 Å². The molecule has 0 aliphatic rings. The monoisotopic (exact) mass is 177 g/mol. The molecule has 0 heterocycles. The lowest BCUT2D eigenvalue weighted by atomic mass is 10.5. The van der Waals surface area contributed by atoms with Crippen LogP contribution in [0.25, 0.3) is 0 Å². The molecule has 0 aliphatic carbocycles. The van der Waals surface area contributed by atoms with Crippen LogP contribution in [0, 0.1) is 0 Å². The zero-order chi connectivity index (χ0) is 6.57. The topological polar surface area (TPSA) is 26.0 Å². The quantitative estimate of drug-likeness (QED) is 0.711. The van der Waals surface area contributed by atoms with Crippen molar-refractivity contribution in [2.45, 2.75) is 17.9 Å². The smallest absolute Gasteiger partial charge is 0.284 e. The number of halogens is 3. The van der Waals surface area contributed by atoms with Crippen molar-refractivity contribution in [3.05, 3.63) is 0 Å². The lowest BCUT2D eigenvalue weighted by Gasteiger charge is -2.04. The fraction of sp³-hybridized carbons (Fsp3) is 1.00. The highest BCUT2D eigenvalue weighted by molar-refractivity contribution is 8.00. The van der Waals surface area contributed by atoms with Gasteiger partial charge < -0.3 is 5.73 Å². The molecule has 5 heteroatoms. The van der Waals surface area contributed by atoms with E-state index in [2.05, 4.69) is 0 Å². The van der Waals surface area contributed by atoms with Crippen molar-refractivity contribution in [3.63, 3.8) is 0 Å². The van der Waals surface area contributed by atoms with E-state index in [0.717, 1.165) is 0 Å². The largest absolute Gasteiger partial charge is 0.329 e. The van der Waals surface area contributed by atoms with E-state index in [9.17, 15) is 8.78 Å².